The number of ether oxygens (including phenoxy) is 4. The molecule has 0 spiro atoms. The number of aliphatic hydroxyl groups excluding tert-OH is 1. The third-order valence-corrected chi connectivity index (χ3v) is 12.0. The van der Waals surface area contributed by atoms with Gasteiger partial charge < -0.3 is 66.2 Å². The lowest BCUT2D eigenvalue weighted by Crippen LogP contribution is -2.45. The Morgan fingerprint density at radius 2 is 1.26 bits per heavy atom. The first kappa shape index (κ1) is 43.4. The van der Waals surface area contributed by atoms with Gasteiger partial charge >= 0.3 is 0 Å². The fourth-order valence-electron chi connectivity index (χ4n) is 8.87. The van der Waals surface area contributed by atoms with Crippen molar-refractivity contribution >= 4 is 58.0 Å². The summed E-state index contributed by atoms with van der Waals surface area (Å²) in [6.07, 6.45) is 0.133. The molecule has 0 radical (unpaired) electrons. The van der Waals surface area contributed by atoms with E-state index < -0.39 is 30.0 Å². The van der Waals surface area contributed by atoms with E-state index in [9.17, 15) is 29.1 Å². The Morgan fingerprint density at radius 3 is 1.91 bits per heavy atom. The molecule has 0 saturated heterocycles. The van der Waals surface area contributed by atoms with Crippen LogP contribution in [0.2, 0.25) is 0 Å². The summed E-state index contributed by atoms with van der Waals surface area (Å²) in [5.74, 6) is -0.797. The van der Waals surface area contributed by atoms with Crippen LogP contribution in [-0.2, 0) is 40.4 Å². The number of anilines is 5. The zero-order valence-corrected chi connectivity index (χ0v) is 36.1. The molecular formula is C48H48N8O10. The van der Waals surface area contributed by atoms with Gasteiger partial charge in [-0.25, -0.2) is 0 Å². The Bertz CT molecular complexity index is 2760. The molecule has 340 valence electrons. The summed E-state index contributed by atoms with van der Waals surface area (Å²) in [4.78, 5) is 68.4. The molecule has 0 bridgehead atoms. The highest BCUT2D eigenvalue weighted by Crippen LogP contribution is 2.43. The van der Waals surface area contributed by atoms with Crippen molar-refractivity contribution in [1.82, 2.24) is 10.6 Å². The number of nitrogens with one attached hydrogen (secondary N) is 5. The minimum atomic E-state index is -1.08. The summed E-state index contributed by atoms with van der Waals surface area (Å²) in [7, 11) is 2.96. The number of hydrogen-bond acceptors (Lipinski definition) is 13. The molecule has 8 N–H and O–H groups in total. The molecule has 1 unspecified atom stereocenters. The van der Waals surface area contributed by atoms with Crippen LogP contribution in [0.3, 0.4) is 0 Å². The van der Waals surface area contributed by atoms with Crippen molar-refractivity contribution < 1.29 is 48.0 Å². The van der Waals surface area contributed by atoms with Crippen molar-refractivity contribution in [2.24, 2.45) is 5.73 Å². The van der Waals surface area contributed by atoms with Gasteiger partial charge in [0.15, 0.2) is 23.0 Å². The van der Waals surface area contributed by atoms with E-state index in [1.54, 1.807) is 41.3 Å². The lowest BCUT2D eigenvalue weighted by Gasteiger charge is -2.26. The molecule has 0 saturated carbocycles. The maximum Gasteiger partial charge on any atom is 0.260 e. The van der Waals surface area contributed by atoms with Crippen LogP contribution in [0.5, 0.6) is 23.0 Å². The second-order valence-corrected chi connectivity index (χ2v) is 16.2. The Hall–Kier alpha value is -7.83. The van der Waals surface area contributed by atoms with E-state index >= 15 is 0 Å². The summed E-state index contributed by atoms with van der Waals surface area (Å²) in [6, 6.07) is 26.7. The van der Waals surface area contributed by atoms with Gasteiger partial charge in [-0.2, -0.15) is 0 Å². The molecule has 4 aliphatic heterocycles. The number of hydrogen-bond donors (Lipinski definition) is 7. The van der Waals surface area contributed by atoms with E-state index in [0.717, 1.165) is 28.9 Å². The van der Waals surface area contributed by atoms with Crippen LogP contribution in [0, 0.1) is 0 Å². The standard InChI is InChI=1S/C48H48N8O10/c1-63-39-16-32-34(50-21-31-14-28-7-3-5-9-36(28)55(31)47(32)61)18-41(39)65-24-26-11-27(13-30(12-26)53-45(59)23-52-44(58)22-51-43(57)20-49)25-66-42-19-35-33(17-40(42)64-2)48(62)56-37-10-6-4-8-29(37)15-38(56)46(60)54-35/h3-13,16-19,31,38,46,50,54,60H,14-15,20-25,49H2,1-2H3,(H,51,57)(H,52,58)(H,53,59)/t31-,38-,46?/m0/s1. The molecule has 18 nitrogen and oxygen atoms in total. The molecule has 5 aromatic rings. The van der Waals surface area contributed by atoms with Crippen molar-refractivity contribution in [3.63, 3.8) is 0 Å². The molecule has 4 heterocycles. The van der Waals surface area contributed by atoms with Crippen LogP contribution in [-0.4, -0.2) is 93.4 Å². The Morgan fingerprint density at radius 1 is 0.697 bits per heavy atom. The summed E-state index contributed by atoms with van der Waals surface area (Å²) in [5.41, 5.74) is 12.3. The third-order valence-electron chi connectivity index (χ3n) is 12.0. The molecule has 66 heavy (non-hydrogen) atoms. The quantitative estimate of drug-likeness (QED) is 0.0849. The van der Waals surface area contributed by atoms with Gasteiger partial charge in [0.2, 0.25) is 17.7 Å². The smallest absolute Gasteiger partial charge is 0.260 e. The molecule has 0 fully saturated rings. The second kappa shape index (κ2) is 18.3. The molecule has 5 aromatic carbocycles. The zero-order valence-electron chi connectivity index (χ0n) is 36.1. The van der Waals surface area contributed by atoms with E-state index in [1.807, 2.05) is 59.5 Å². The number of nitrogens with two attached hydrogens (primary N) is 1. The van der Waals surface area contributed by atoms with E-state index in [2.05, 4.69) is 26.6 Å². The number of fused-ring (bicyclic) bond motifs is 8. The van der Waals surface area contributed by atoms with Crippen molar-refractivity contribution in [3.05, 3.63) is 124 Å². The van der Waals surface area contributed by atoms with E-state index in [0.29, 0.717) is 63.8 Å². The fraction of sp³-hybridized carbons (Fsp3) is 0.271. The van der Waals surface area contributed by atoms with Gasteiger partial charge in [0, 0.05) is 35.7 Å². The summed E-state index contributed by atoms with van der Waals surface area (Å²) in [6.45, 7) is -0.536. The predicted octanol–water partition coefficient (Wildman–Crippen LogP) is 3.30. The summed E-state index contributed by atoms with van der Waals surface area (Å²) >= 11 is 0. The number of rotatable bonds is 14. The molecule has 0 aromatic heterocycles. The zero-order chi connectivity index (χ0) is 46.1. The monoisotopic (exact) mass is 896 g/mol. The van der Waals surface area contributed by atoms with Crippen LogP contribution in [0.25, 0.3) is 0 Å². The lowest BCUT2D eigenvalue weighted by atomic mass is 10.1. The van der Waals surface area contributed by atoms with Gasteiger partial charge in [0.05, 0.1) is 68.4 Å². The van der Waals surface area contributed by atoms with Gasteiger partial charge in [-0.05, 0) is 77.6 Å². The van der Waals surface area contributed by atoms with Crippen LogP contribution >= 0.6 is 0 Å². The molecule has 18 heteroatoms. The van der Waals surface area contributed by atoms with Gasteiger partial charge in [-0.15, -0.1) is 0 Å². The molecule has 4 aliphatic rings. The second-order valence-electron chi connectivity index (χ2n) is 16.2. The number of para-hydroxylation sites is 2. The highest BCUT2D eigenvalue weighted by Gasteiger charge is 2.42. The van der Waals surface area contributed by atoms with Crippen LogP contribution < -0.4 is 61.1 Å². The maximum absolute atomic E-state index is 14.1. The maximum atomic E-state index is 14.1. The highest BCUT2D eigenvalue weighted by molar-refractivity contribution is 6.13. The SMILES string of the molecule is COc1cc2c(cc1OCc1cc(COc3cc4c(cc3OC)C(=O)N3c5ccccc5C[C@H]3C(O)N4)cc(NC(=O)CNC(=O)CNC(=O)CN)c1)NC[C@@H]1Cc3ccccc3N1C2=O. The van der Waals surface area contributed by atoms with Gasteiger partial charge in [-0.1, -0.05) is 36.4 Å². The Labute approximate surface area is 379 Å². The van der Waals surface area contributed by atoms with Crippen molar-refractivity contribution in [2.45, 2.75) is 44.4 Å². The minimum Gasteiger partial charge on any atom is -0.493 e. The van der Waals surface area contributed by atoms with E-state index in [4.69, 9.17) is 24.7 Å². The average Bonchev–Trinajstić information content (AvgIpc) is 3.85. The number of carbonyl (C=O) groups is 5. The summed E-state index contributed by atoms with van der Waals surface area (Å²) in [5, 5.41) is 25.5. The molecule has 3 atom stereocenters. The lowest BCUT2D eigenvalue weighted by molar-refractivity contribution is -0.126. The summed E-state index contributed by atoms with van der Waals surface area (Å²) < 4.78 is 24.2. The Kier molecular flexibility index (Phi) is 12.1. The van der Waals surface area contributed by atoms with Gasteiger partial charge in [-0.3, -0.25) is 24.0 Å². The number of carbonyl (C=O) groups excluding carboxylic acids is 5. The van der Waals surface area contributed by atoms with E-state index in [-0.39, 0.29) is 62.2 Å². The van der Waals surface area contributed by atoms with Gasteiger partial charge in [0.1, 0.15) is 19.4 Å². The van der Waals surface area contributed by atoms with Crippen LogP contribution in [0.15, 0.2) is 91.0 Å². The Balaban J connectivity index is 0.959. The van der Waals surface area contributed by atoms with Crippen molar-refractivity contribution in [2.75, 3.05) is 66.1 Å². The molecule has 9 rings (SSSR count). The first-order valence-corrected chi connectivity index (χ1v) is 21.4. The largest absolute Gasteiger partial charge is 0.493 e. The number of amides is 5. The predicted molar refractivity (Wildman–Crippen MR) is 244 cm³/mol. The van der Waals surface area contributed by atoms with E-state index in [1.165, 1.54) is 14.2 Å². The van der Waals surface area contributed by atoms with Crippen molar-refractivity contribution in [1.29, 1.82) is 0 Å². The number of nitrogens with zero attached hydrogens (tertiary/aromatic N) is 2. The normalized spacial score (nSPS) is 17.5. The van der Waals surface area contributed by atoms with Crippen molar-refractivity contribution in [3.8, 4) is 23.0 Å². The first-order valence-electron chi connectivity index (χ1n) is 21.4. The average molecular weight is 897 g/mol. The minimum absolute atomic E-state index is 0.00755. The van der Waals surface area contributed by atoms with Gasteiger partial charge in [0.25, 0.3) is 11.8 Å². The molecule has 0 aliphatic carbocycles. The number of aliphatic hydroxyl groups is 1. The first-order chi connectivity index (χ1) is 32.0. The highest BCUT2D eigenvalue weighted by atomic mass is 16.5. The molecular weight excluding hydrogens is 849 g/mol. The third kappa shape index (κ3) is 8.58. The van der Waals surface area contributed by atoms with Crippen LogP contribution in [0.1, 0.15) is 43.0 Å². The topological polar surface area (TPSA) is 235 Å². The number of methoxy groups -OCH3 is 2. The molecule has 5 amide bonds. The fourth-order valence-corrected chi connectivity index (χ4v) is 8.87. The van der Waals surface area contributed by atoms with Crippen LogP contribution in [0.4, 0.5) is 28.4 Å². The number of benzene rings is 5.